The average Bonchev–Trinajstić information content (AvgIpc) is 2.52. The van der Waals surface area contributed by atoms with E-state index >= 15 is 0 Å². The van der Waals surface area contributed by atoms with Crippen molar-refractivity contribution in [1.82, 2.24) is 4.90 Å². The monoisotopic (exact) mass is 189 g/mol. The highest BCUT2D eigenvalue weighted by Gasteiger charge is 2.47. The molecule has 0 radical (unpaired) electrons. The third-order valence-corrected chi connectivity index (χ3v) is 2.56. The summed E-state index contributed by atoms with van der Waals surface area (Å²) in [5.41, 5.74) is 0. The number of carbonyl (C=O) groups is 2. The number of nitrogens with zero attached hydrogens (tertiary/aromatic N) is 1. The predicted octanol–water partition coefficient (Wildman–Crippen LogP) is 0.387. The van der Waals surface area contributed by atoms with Crippen LogP contribution in [0.5, 0.6) is 0 Å². The van der Waals surface area contributed by atoms with Gasteiger partial charge >= 0.3 is 6.09 Å². The van der Waals surface area contributed by atoms with Gasteiger partial charge in [0.1, 0.15) is 6.10 Å². The molecule has 4 nitrogen and oxygen atoms in total. The van der Waals surface area contributed by atoms with Crippen LogP contribution in [0.2, 0.25) is 0 Å². The third-order valence-electron chi connectivity index (χ3n) is 2.25. The van der Waals surface area contributed by atoms with Gasteiger partial charge in [-0.05, 0) is 0 Å². The number of hydrogen-bond acceptors (Lipinski definition) is 3. The Morgan fingerprint density at radius 1 is 1.58 bits per heavy atom. The van der Waals surface area contributed by atoms with E-state index in [-0.39, 0.29) is 30.4 Å². The molecule has 2 aliphatic rings. The smallest absolute Gasteiger partial charge is 0.410 e. The molecule has 2 saturated heterocycles. The third kappa shape index (κ3) is 0.982. The molecule has 0 spiro atoms. The Morgan fingerprint density at radius 3 is 3.00 bits per heavy atom. The number of Topliss-reactive ketones (excluding diaryl/α,β-unsaturated/α-hetero) is 1. The Labute approximate surface area is 74.4 Å². The minimum absolute atomic E-state index is 0.0896. The number of halogens is 1. The number of carbonyl (C=O) groups excluding carboxylic acids is 2. The van der Waals surface area contributed by atoms with Gasteiger partial charge in [-0.15, -0.1) is 11.6 Å². The van der Waals surface area contributed by atoms with Gasteiger partial charge in [0.25, 0.3) is 0 Å². The van der Waals surface area contributed by atoms with Gasteiger partial charge in [-0.25, -0.2) is 4.79 Å². The van der Waals surface area contributed by atoms with Gasteiger partial charge in [0.15, 0.2) is 5.78 Å². The average molecular weight is 190 g/mol. The van der Waals surface area contributed by atoms with Crippen LogP contribution in [-0.2, 0) is 9.53 Å². The van der Waals surface area contributed by atoms with Gasteiger partial charge in [0.05, 0.1) is 18.5 Å². The zero-order valence-corrected chi connectivity index (χ0v) is 7.08. The maximum absolute atomic E-state index is 11.1. The molecule has 0 aliphatic carbocycles. The number of amides is 1. The van der Waals surface area contributed by atoms with Gasteiger partial charge in [-0.1, -0.05) is 0 Å². The molecule has 2 rings (SSSR count). The molecule has 2 aliphatic heterocycles. The summed E-state index contributed by atoms with van der Waals surface area (Å²) in [6.45, 7) is 0.191. The number of rotatable bonds is 1. The quantitative estimate of drug-likeness (QED) is 0.561. The van der Waals surface area contributed by atoms with Gasteiger partial charge in [0.2, 0.25) is 0 Å². The lowest BCUT2D eigenvalue weighted by atomic mass is 10.1. The van der Waals surface area contributed by atoms with Crippen LogP contribution in [0.1, 0.15) is 6.42 Å². The molecule has 12 heavy (non-hydrogen) atoms. The zero-order valence-electron chi connectivity index (χ0n) is 6.33. The fraction of sp³-hybridized carbons (Fsp3) is 0.714. The molecular formula is C7H8ClNO3. The van der Waals surface area contributed by atoms with Crippen LogP contribution in [0.15, 0.2) is 0 Å². The van der Waals surface area contributed by atoms with Crippen LogP contribution < -0.4 is 0 Å². The molecule has 0 aromatic heterocycles. The molecule has 2 atom stereocenters. The van der Waals surface area contributed by atoms with E-state index in [0.717, 1.165) is 0 Å². The van der Waals surface area contributed by atoms with Gasteiger partial charge in [-0.2, -0.15) is 0 Å². The molecule has 1 amide bonds. The first-order valence-corrected chi connectivity index (χ1v) is 4.30. The van der Waals surface area contributed by atoms with Crippen molar-refractivity contribution in [2.45, 2.75) is 18.6 Å². The van der Waals surface area contributed by atoms with Crippen molar-refractivity contribution in [3.8, 4) is 0 Å². The van der Waals surface area contributed by atoms with Crippen LogP contribution >= 0.6 is 11.6 Å². The minimum atomic E-state index is -0.406. The first kappa shape index (κ1) is 7.86. The highest BCUT2D eigenvalue weighted by Crippen LogP contribution is 2.27. The van der Waals surface area contributed by atoms with Gasteiger partial charge < -0.3 is 4.74 Å². The van der Waals surface area contributed by atoms with E-state index < -0.39 is 6.09 Å². The van der Waals surface area contributed by atoms with Gasteiger partial charge in [0, 0.05) is 6.42 Å². The van der Waals surface area contributed by atoms with E-state index in [1.54, 1.807) is 0 Å². The Balaban J connectivity index is 2.18. The van der Waals surface area contributed by atoms with E-state index in [2.05, 4.69) is 0 Å². The second-order valence-corrected chi connectivity index (χ2v) is 3.32. The fourth-order valence-electron chi connectivity index (χ4n) is 1.66. The molecular weight excluding hydrogens is 182 g/mol. The normalized spacial score (nSPS) is 33.9. The number of ether oxygens (including phenoxy) is 1. The summed E-state index contributed by atoms with van der Waals surface area (Å²) in [6, 6.07) is -0.109. The lowest BCUT2D eigenvalue weighted by Gasteiger charge is -2.11. The summed E-state index contributed by atoms with van der Waals surface area (Å²) in [7, 11) is 0. The van der Waals surface area contributed by atoms with Crippen molar-refractivity contribution in [2.75, 3.05) is 12.4 Å². The van der Waals surface area contributed by atoms with E-state index in [4.69, 9.17) is 16.3 Å². The first-order chi connectivity index (χ1) is 5.72. The van der Waals surface area contributed by atoms with Crippen molar-refractivity contribution in [2.24, 2.45) is 0 Å². The van der Waals surface area contributed by atoms with Crippen LogP contribution in [0.4, 0.5) is 4.79 Å². The molecule has 66 valence electrons. The summed E-state index contributed by atoms with van der Waals surface area (Å²) >= 11 is 5.57. The van der Waals surface area contributed by atoms with E-state index in [1.165, 1.54) is 4.90 Å². The highest BCUT2D eigenvalue weighted by atomic mass is 35.5. The number of fused-ring (bicyclic) bond motifs is 1. The van der Waals surface area contributed by atoms with Crippen molar-refractivity contribution in [1.29, 1.82) is 0 Å². The Bertz CT molecular complexity index is 243. The summed E-state index contributed by atoms with van der Waals surface area (Å²) in [6.07, 6.45) is -0.314. The topological polar surface area (TPSA) is 46.6 Å². The van der Waals surface area contributed by atoms with E-state index in [0.29, 0.717) is 6.42 Å². The highest BCUT2D eigenvalue weighted by molar-refractivity contribution is 6.18. The number of hydrogen-bond donors (Lipinski definition) is 0. The van der Waals surface area contributed by atoms with Crippen molar-refractivity contribution in [3.63, 3.8) is 0 Å². The predicted molar refractivity (Wildman–Crippen MR) is 41.1 cm³/mol. The zero-order chi connectivity index (χ0) is 8.72. The molecule has 2 heterocycles. The maximum Gasteiger partial charge on any atom is 0.410 e. The minimum Gasteiger partial charge on any atom is -0.443 e. The molecule has 0 saturated carbocycles. The molecule has 2 fully saturated rings. The molecule has 5 heteroatoms. The van der Waals surface area contributed by atoms with Crippen LogP contribution in [0.25, 0.3) is 0 Å². The number of ketones is 1. The summed E-state index contributed by atoms with van der Waals surface area (Å²) in [4.78, 5) is 23.5. The maximum atomic E-state index is 11.1. The number of cyclic esters (lactones) is 1. The lowest BCUT2D eigenvalue weighted by Crippen LogP contribution is -2.31. The van der Waals surface area contributed by atoms with E-state index in [9.17, 15) is 9.59 Å². The SMILES string of the molecule is O=C1CC2C(CCl)OC(=O)N2C1. The molecule has 0 bridgehead atoms. The van der Waals surface area contributed by atoms with Crippen LogP contribution in [0.3, 0.4) is 0 Å². The van der Waals surface area contributed by atoms with Crippen molar-refractivity contribution < 1.29 is 14.3 Å². The molecule has 0 aromatic rings. The Kier molecular flexibility index (Phi) is 1.72. The number of alkyl halides is 1. The lowest BCUT2D eigenvalue weighted by molar-refractivity contribution is -0.117. The van der Waals surface area contributed by atoms with Crippen LogP contribution in [-0.4, -0.2) is 41.3 Å². The van der Waals surface area contributed by atoms with E-state index in [1.807, 2.05) is 0 Å². The largest absolute Gasteiger partial charge is 0.443 e. The second kappa shape index (κ2) is 2.62. The molecule has 2 unspecified atom stereocenters. The fourth-order valence-corrected chi connectivity index (χ4v) is 1.93. The Morgan fingerprint density at radius 2 is 2.33 bits per heavy atom. The summed E-state index contributed by atoms with van der Waals surface area (Å²) < 4.78 is 4.93. The first-order valence-electron chi connectivity index (χ1n) is 3.77. The molecule has 0 N–H and O–H groups in total. The Hall–Kier alpha value is -0.770. The second-order valence-electron chi connectivity index (χ2n) is 3.01. The summed E-state index contributed by atoms with van der Waals surface area (Å²) in [5, 5.41) is 0. The van der Waals surface area contributed by atoms with Crippen molar-refractivity contribution in [3.05, 3.63) is 0 Å². The standard InChI is InChI=1S/C7H8ClNO3/c8-2-6-5-1-4(10)3-9(5)7(11)12-6/h5-6H,1-3H2. The van der Waals surface area contributed by atoms with Crippen LogP contribution in [0, 0.1) is 0 Å². The van der Waals surface area contributed by atoms with Crippen molar-refractivity contribution >= 4 is 23.5 Å². The van der Waals surface area contributed by atoms with Gasteiger partial charge in [-0.3, -0.25) is 9.69 Å². The molecule has 0 aromatic carbocycles. The summed E-state index contributed by atoms with van der Waals surface area (Å²) in [5.74, 6) is 0.354.